The molecule has 0 spiro atoms. The summed E-state index contributed by atoms with van der Waals surface area (Å²) in [5, 5.41) is 9.28. The molecule has 1 aromatic carbocycles. The highest BCUT2D eigenvalue weighted by molar-refractivity contribution is 5.93. The van der Waals surface area contributed by atoms with Crippen molar-refractivity contribution >= 4 is 16.9 Å². The minimum absolute atomic E-state index is 0.236. The summed E-state index contributed by atoms with van der Waals surface area (Å²) >= 11 is 0. The van der Waals surface area contributed by atoms with Gasteiger partial charge >= 0.3 is 5.97 Å². The number of aromatic amines is 1. The predicted octanol–water partition coefficient (Wildman–Crippen LogP) is 2.01. The van der Waals surface area contributed by atoms with E-state index in [4.69, 9.17) is 5.11 Å². The lowest BCUT2D eigenvalue weighted by atomic mass is 10.1. The first kappa shape index (κ1) is 7.79. The fourth-order valence-electron chi connectivity index (χ4n) is 1.26. The molecule has 0 atom stereocenters. The Kier molecular flexibility index (Phi) is 1.55. The number of rotatable bonds is 1. The Balaban J connectivity index is 2.80. The van der Waals surface area contributed by atoms with E-state index in [1.165, 1.54) is 6.07 Å². The van der Waals surface area contributed by atoms with Crippen LogP contribution in [0.1, 0.15) is 10.4 Å². The third-order valence-corrected chi connectivity index (χ3v) is 1.90. The van der Waals surface area contributed by atoms with Crippen molar-refractivity contribution in [1.82, 2.24) is 4.98 Å². The molecule has 0 unspecified atom stereocenters. The second kappa shape index (κ2) is 2.58. The van der Waals surface area contributed by atoms with Crippen LogP contribution in [-0.4, -0.2) is 16.1 Å². The number of aromatic nitrogens is 1. The summed E-state index contributed by atoms with van der Waals surface area (Å²) in [6, 6.07) is 4.51. The van der Waals surface area contributed by atoms with E-state index in [0.29, 0.717) is 5.39 Å². The Morgan fingerprint density at radius 2 is 2.15 bits per heavy atom. The van der Waals surface area contributed by atoms with Crippen LogP contribution in [0.4, 0.5) is 4.39 Å². The molecule has 2 rings (SSSR count). The lowest BCUT2D eigenvalue weighted by Crippen LogP contribution is -2.00. The first-order valence-electron chi connectivity index (χ1n) is 3.69. The number of nitrogens with one attached hydrogen (secondary N) is 1. The second-order valence-corrected chi connectivity index (χ2v) is 2.67. The van der Waals surface area contributed by atoms with Gasteiger partial charge in [-0.1, -0.05) is 6.07 Å². The third kappa shape index (κ3) is 1.07. The maximum absolute atomic E-state index is 13.3. The summed E-state index contributed by atoms with van der Waals surface area (Å²) in [7, 11) is 0. The monoisotopic (exact) mass is 179 g/mol. The quantitative estimate of drug-likeness (QED) is 0.703. The van der Waals surface area contributed by atoms with Crippen LogP contribution >= 0.6 is 0 Å². The molecule has 2 aromatic rings. The standard InChI is InChI=1S/C9H6FNO2/c10-7-6(9(12)13)2-1-5-3-4-11-8(5)7/h1-4,11H,(H,12,13). The van der Waals surface area contributed by atoms with Crippen LogP contribution in [0.2, 0.25) is 0 Å². The molecule has 66 valence electrons. The van der Waals surface area contributed by atoms with Gasteiger partial charge in [0.05, 0.1) is 11.1 Å². The van der Waals surface area contributed by atoms with Crippen LogP contribution in [-0.2, 0) is 0 Å². The van der Waals surface area contributed by atoms with E-state index in [-0.39, 0.29) is 11.1 Å². The summed E-state index contributed by atoms with van der Waals surface area (Å²) in [5.74, 6) is -1.97. The van der Waals surface area contributed by atoms with Crippen molar-refractivity contribution in [3.8, 4) is 0 Å². The molecule has 0 fully saturated rings. The van der Waals surface area contributed by atoms with Crippen molar-refractivity contribution in [3.05, 3.63) is 35.8 Å². The Labute approximate surface area is 72.8 Å². The zero-order chi connectivity index (χ0) is 9.42. The molecule has 0 saturated heterocycles. The number of H-pyrrole nitrogens is 1. The number of carbonyl (C=O) groups is 1. The van der Waals surface area contributed by atoms with Crippen molar-refractivity contribution in [2.75, 3.05) is 0 Å². The van der Waals surface area contributed by atoms with E-state index in [2.05, 4.69) is 4.98 Å². The number of hydrogen-bond donors (Lipinski definition) is 2. The first-order chi connectivity index (χ1) is 6.20. The summed E-state index contributed by atoms with van der Waals surface area (Å²) in [4.78, 5) is 13.2. The van der Waals surface area contributed by atoms with Crippen LogP contribution in [0.15, 0.2) is 24.4 Å². The van der Waals surface area contributed by atoms with Gasteiger partial charge in [0.15, 0.2) is 5.82 Å². The zero-order valence-corrected chi connectivity index (χ0v) is 6.54. The van der Waals surface area contributed by atoms with Crippen molar-refractivity contribution in [1.29, 1.82) is 0 Å². The smallest absolute Gasteiger partial charge is 0.338 e. The molecule has 4 heteroatoms. The average Bonchev–Trinajstić information content (AvgIpc) is 2.52. The van der Waals surface area contributed by atoms with Gasteiger partial charge in [-0.05, 0) is 12.1 Å². The molecule has 3 nitrogen and oxygen atoms in total. The van der Waals surface area contributed by atoms with Crippen LogP contribution in [0.5, 0.6) is 0 Å². The second-order valence-electron chi connectivity index (χ2n) is 2.67. The van der Waals surface area contributed by atoms with Crippen LogP contribution in [0.3, 0.4) is 0 Å². The third-order valence-electron chi connectivity index (χ3n) is 1.90. The maximum Gasteiger partial charge on any atom is 0.338 e. The van der Waals surface area contributed by atoms with Crippen LogP contribution in [0.25, 0.3) is 10.9 Å². The van der Waals surface area contributed by atoms with Gasteiger partial charge in [0.25, 0.3) is 0 Å². The number of carboxylic acids is 1. The van der Waals surface area contributed by atoms with E-state index in [1.54, 1.807) is 18.3 Å². The maximum atomic E-state index is 13.3. The van der Waals surface area contributed by atoms with E-state index >= 15 is 0 Å². The zero-order valence-electron chi connectivity index (χ0n) is 6.54. The fourth-order valence-corrected chi connectivity index (χ4v) is 1.26. The Hall–Kier alpha value is -1.84. The van der Waals surface area contributed by atoms with Gasteiger partial charge in [-0.25, -0.2) is 9.18 Å². The number of benzene rings is 1. The lowest BCUT2D eigenvalue weighted by Gasteiger charge is -1.97. The summed E-state index contributed by atoms with van der Waals surface area (Å²) in [6.07, 6.45) is 1.57. The largest absolute Gasteiger partial charge is 0.478 e. The molecule has 1 aromatic heterocycles. The molecular formula is C9H6FNO2. The minimum Gasteiger partial charge on any atom is -0.478 e. The number of aromatic carboxylic acids is 1. The van der Waals surface area contributed by atoms with E-state index in [1.807, 2.05) is 0 Å². The minimum atomic E-state index is -1.26. The molecular weight excluding hydrogens is 173 g/mol. The molecule has 0 aliphatic heterocycles. The normalized spacial score (nSPS) is 10.5. The molecule has 0 radical (unpaired) electrons. The fraction of sp³-hybridized carbons (Fsp3) is 0. The van der Waals surface area contributed by atoms with Gasteiger partial charge in [-0.2, -0.15) is 0 Å². The van der Waals surface area contributed by atoms with Gasteiger partial charge in [0.2, 0.25) is 0 Å². The summed E-state index contributed by atoms with van der Waals surface area (Å²) < 4.78 is 13.3. The SMILES string of the molecule is O=C(O)c1ccc2cc[nH]c2c1F. The molecule has 0 amide bonds. The number of halogens is 1. The van der Waals surface area contributed by atoms with Crippen molar-refractivity contribution in [3.63, 3.8) is 0 Å². The van der Waals surface area contributed by atoms with Crippen LogP contribution < -0.4 is 0 Å². The molecule has 0 bridgehead atoms. The average molecular weight is 179 g/mol. The molecule has 0 aliphatic rings. The topological polar surface area (TPSA) is 53.1 Å². The Bertz CT molecular complexity index is 475. The predicted molar refractivity (Wildman–Crippen MR) is 45.2 cm³/mol. The van der Waals surface area contributed by atoms with Crippen molar-refractivity contribution < 1.29 is 14.3 Å². The van der Waals surface area contributed by atoms with Gasteiger partial charge in [0, 0.05) is 11.6 Å². The van der Waals surface area contributed by atoms with Crippen molar-refractivity contribution in [2.24, 2.45) is 0 Å². The van der Waals surface area contributed by atoms with E-state index < -0.39 is 11.8 Å². The van der Waals surface area contributed by atoms with Gasteiger partial charge < -0.3 is 10.1 Å². The van der Waals surface area contributed by atoms with Crippen LogP contribution in [0, 0.1) is 5.82 Å². The number of hydrogen-bond acceptors (Lipinski definition) is 1. The Morgan fingerprint density at radius 3 is 2.85 bits per heavy atom. The van der Waals surface area contributed by atoms with Gasteiger partial charge in [-0.3, -0.25) is 0 Å². The van der Waals surface area contributed by atoms with Crippen molar-refractivity contribution in [2.45, 2.75) is 0 Å². The highest BCUT2D eigenvalue weighted by atomic mass is 19.1. The van der Waals surface area contributed by atoms with E-state index in [9.17, 15) is 9.18 Å². The van der Waals surface area contributed by atoms with Gasteiger partial charge in [-0.15, -0.1) is 0 Å². The molecule has 13 heavy (non-hydrogen) atoms. The summed E-state index contributed by atoms with van der Waals surface area (Å²) in [5.41, 5.74) is -0.0742. The first-order valence-corrected chi connectivity index (χ1v) is 3.69. The number of fused-ring (bicyclic) bond motifs is 1. The molecule has 0 aliphatic carbocycles. The Morgan fingerprint density at radius 1 is 1.38 bits per heavy atom. The molecule has 0 saturated carbocycles. The lowest BCUT2D eigenvalue weighted by molar-refractivity contribution is 0.0692. The highest BCUT2D eigenvalue weighted by Crippen LogP contribution is 2.19. The molecule has 1 heterocycles. The highest BCUT2D eigenvalue weighted by Gasteiger charge is 2.13. The molecule has 2 N–H and O–H groups in total. The van der Waals surface area contributed by atoms with Gasteiger partial charge in [0.1, 0.15) is 0 Å². The summed E-state index contributed by atoms with van der Waals surface area (Å²) in [6.45, 7) is 0. The number of carboxylic acid groups (broad SMARTS) is 1. The van der Waals surface area contributed by atoms with E-state index in [0.717, 1.165) is 0 Å².